The molecule has 2 aliphatic rings. The summed E-state index contributed by atoms with van der Waals surface area (Å²) in [7, 11) is -1.79. The summed E-state index contributed by atoms with van der Waals surface area (Å²) in [6.07, 6.45) is 8.57. The fourth-order valence-electron chi connectivity index (χ4n) is 3.70. The SMILES string of the molecule is Cn1cc(S(=O)(=O)NCC2(N3CCOCC3)CCCCC2)cn1. The number of ether oxygens (including phenoxy) is 1. The molecule has 1 saturated carbocycles. The van der Waals surface area contributed by atoms with Gasteiger partial charge in [0, 0.05) is 38.4 Å². The molecule has 0 atom stereocenters. The standard InChI is InChI=1S/C15H26N4O3S/c1-18-12-14(11-16-18)23(20,21)17-13-15(5-3-2-4-6-15)19-7-9-22-10-8-19/h11-12,17H,2-10,13H2,1H3. The molecule has 23 heavy (non-hydrogen) atoms. The maximum Gasteiger partial charge on any atom is 0.243 e. The maximum atomic E-state index is 12.5. The number of morpholine rings is 1. The van der Waals surface area contributed by atoms with Gasteiger partial charge in [0.25, 0.3) is 0 Å². The summed E-state index contributed by atoms with van der Waals surface area (Å²) >= 11 is 0. The van der Waals surface area contributed by atoms with Gasteiger partial charge in [0.05, 0.1) is 19.4 Å². The molecule has 3 rings (SSSR count). The number of nitrogens with zero attached hydrogens (tertiary/aromatic N) is 3. The fourth-order valence-corrected chi connectivity index (χ4v) is 4.81. The molecule has 0 unspecified atom stereocenters. The van der Waals surface area contributed by atoms with Crippen LogP contribution in [-0.4, -0.2) is 61.5 Å². The van der Waals surface area contributed by atoms with Crippen LogP contribution in [0.1, 0.15) is 32.1 Å². The normalized spacial score (nSPS) is 23.0. The Morgan fingerprint density at radius 1 is 1.26 bits per heavy atom. The molecule has 7 nitrogen and oxygen atoms in total. The lowest BCUT2D eigenvalue weighted by Crippen LogP contribution is -2.59. The Morgan fingerprint density at radius 3 is 2.57 bits per heavy atom. The minimum Gasteiger partial charge on any atom is -0.379 e. The van der Waals surface area contributed by atoms with E-state index in [1.54, 1.807) is 7.05 Å². The van der Waals surface area contributed by atoms with Gasteiger partial charge < -0.3 is 4.74 Å². The Hall–Kier alpha value is -0.960. The van der Waals surface area contributed by atoms with Crippen LogP contribution in [0.25, 0.3) is 0 Å². The van der Waals surface area contributed by atoms with E-state index in [1.165, 1.54) is 23.5 Å². The molecule has 0 aromatic carbocycles. The summed E-state index contributed by atoms with van der Waals surface area (Å²) in [5.41, 5.74) is -0.0721. The lowest BCUT2D eigenvalue weighted by Gasteiger charge is -2.48. The van der Waals surface area contributed by atoms with Gasteiger partial charge in [-0.1, -0.05) is 19.3 Å². The van der Waals surface area contributed by atoms with E-state index in [0.717, 1.165) is 52.0 Å². The second-order valence-corrected chi connectivity index (χ2v) is 8.33. The Bertz CT molecular complexity index is 616. The number of hydrogen-bond donors (Lipinski definition) is 1. The van der Waals surface area contributed by atoms with Gasteiger partial charge in [-0.2, -0.15) is 5.10 Å². The molecule has 2 heterocycles. The third-order valence-electron chi connectivity index (χ3n) is 5.05. The Balaban J connectivity index is 1.73. The van der Waals surface area contributed by atoms with E-state index in [-0.39, 0.29) is 10.4 Å². The lowest BCUT2D eigenvalue weighted by atomic mass is 9.80. The number of rotatable bonds is 5. The van der Waals surface area contributed by atoms with Crippen LogP contribution < -0.4 is 4.72 Å². The zero-order valence-electron chi connectivity index (χ0n) is 13.7. The van der Waals surface area contributed by atoms with Crippen molar-refractivity contribution in [3.8, 4) is 0 Å². The van der Waals surface area contributed by atoms with Crippen LogP contribution >= 0.6 is 0 Å². The van der Waals surface area contributed by atoms with Crippen LogP contribution in [0.3, 0.4) is 0 Å². The molecule has 1 aliphatic carbocycles. The van der Waals surface area contributed by atoms with Crippen LogP contribution in [0.15, 0.2) is 17.3 Å². The predicted octanol–water partition coefficient (Wildman–Crippen LogP) is 0.734. The minimum atomic E-state index is -3.51. The average Bonchev–Trinajstić information content (AvgIpc) is 3.02. The first-order valence-electron chi connectivity index (χ1n) is 8.33. The van der Waals surface area contributed by atoms with Crippen molar-refractivity contribution in [3.05, 3.63) is 12.4 Å². The monoisotopic (exact) mass is 342 g/mol. The van der Waals surface area contributed by atoms with Crippen molar-refractivity contribution < 1.29 is 13.2 Å². The largest absolute Gasteiger partial charge is 0.379 e. The second-order valence-electron chi connectivity index (χ2n) is 6.56. The summed E-state index contributed by atoms with van der Waals surface area (Å²) in [6.45, 7) is 3.70. The van der Waals surface area contributed by atoms with Gasteiger partial charge in [-0.05, 0) is 12.8 Å². The van der Waals surface area contributed by atoms with Crippen LogP contribution in [0.2, 0.25) is 0 Å². The highest BCUT2D eigenvalue weighted by Crippen LogP contribution is 2.34. The molecular weight excluding hydrogens is 316 g/mol. The van der Waals surface area contributed by atoms with Gasteiger partial charge in [0.2, 0.25) is 10.0 Å². The quantitative estimate of drug-likeness (QED) is 0.854. The van der Waals surface area contributed by atoms with Crippen LogP contribution in [-0.2, 0) is 21.8 Å². The highest BCUT2D eigenvalue weighted by molar-refractivity contribution is 7.89. The van der Waals surface area contributed by atoms with Gasteiger partial charge >= 0.3 is 0 Å². The van der Waals surface area contributed by atoms with Gasteiger partial charge in [0.1, 0.15) is 4.90 Å². The second kappa shape index (κ2) is 6.88. The molecule has 1 aromatic heterocycles. The van der Waals surface area contributed by atoms with Crippen molar-refractivity contribution in [2.45, 2.75) is 42.5 Å². The Morgan fingerprint density at radius 2 is 1.96 bits per heavy atom. The number of aryl methyl sites for hydroxylation is 1. The van der Waals surface area contributed by atoms with Crippen molar-refractivity contribution in [2.24, 2.45) is 7.05 Å². The van der Waals surface area contributed by atoms with E-state index in [0.29, 0.717) is 6.54 Å². The third kappa shape index (κ3) is 3.76. The minimum absolute atomic E-state index is 0.0721. The van der Waals surface area contributed by atoms with Gasteiger partial charge in [0.15, 0.2) is 0 Å². The van der Waals surface area contributed by atoms with Gasteiger partial charge in [-0.25, -0.2) is 13.1 Å². The van der Waals surface area contributed by atoms with Crippen molar-refractivity contribution >= 4 is 10.0 Å². The van der Waals surface area contributed by atoms with Crippen LogP contribution in [0.5, 0.6) is 0 Å². The maximum absolute atomic E-state index is 12.5. The molecule has 0 radical (unpaired) electrons. The molecule has 0 spiro atoms. The summed E-state index contributed by atoms with van der Waals surface area (Å²) in [4.78, 5) is 2.66. The molecule has 1 N–H and O–H groups in total. The molecule has 1 aromatic rings. The molecule has 1 saturated heterocycles. The van der Waals surface area contributed by atoms with Crippen LogP contribution in [0.4, 0.5) is 0 Å². The van der Waals surface area contributed by atoms with E-state index >= 15 is 0 Å². The highest BCUT2D eigenvalue weighted by Gasteiger charge is 2.39. The number of hydrogen-bond acceptors (Lipinski definition) is 5. The topological polar surface area (TPSA) is 76.5 Å². The Labute approximate surface area is 138 Å². The zero-order valence-corrected chi connectivity index (χ0v) is 14.5. The van der Waals surface area contributed by atoms with Gasteiger partial charge in [-0.15, -0.1) is 0 Å². The first-order valence-corrected chi connectivity index (χ1v) is 9.81. The molecule has 2 fully saturated rings. The van der Waals surface area contributed by atoms with E-state index in [2.05, 4.69) is 14.7 Å². The smallest absolute Gasteiger partial charge is 0.243 e. The average molecular weight is 342 g/mol. The van der Waals surface area contributed by atoms with Crippen molar-refractivity contribution in [1.29, 1.82) is 0 Å². The predicted molar refractivity (Wildman–Crippen MR) is 86.6 cm³/mol. The molecule has 8 heteroatoms. The van der Waals surface area contributed by atoms with Gasteiger partial charge in [-0.3, -0.25) is 9.58 Å². The van der Waals surface area contributed by atoms with E-state index in [9.17, 15) is 8.42 Å². The third-order valence-corrected chi connectivity index (χ3v) is 6.40. The first kappa shape index (κ1) is 16.9. The summed E-state index contributed by atoms with van der Waals surface area (Å²) in [6, 6.07) is 0. The number of aromatic nitrogens is 2. The molecule has 1 aliphatic heterocycles. The molecule has 130 valence electrons. The van der Waals surface area contributed by atoms with Crippen molar-refractivity contribution in [3.63, 3.8) is 0 Å². The van der Waals surface area contributed by atoms with Crippen molar-refractivity contribution in [2.75, 3.05) is 32.8 Å². The summed E-state index contributed by atoms with van der Waals surface area (Å²) in [5.74, 6) is 0. The molecule has 0 amide bonds. The molecule has 0 bridgehead atoms. The summed E-state index contributed by atoms with van der Waals surface area (Å²) in [5, 5.41) is 3.96. The van der Waals surface area contributed by atoms with E-state index < -0.39 is 10.0 Å². The van der Waals surface area contributed by atoms with Crippen LogP contribution in [0, 0.1) is 0 Å². The fraction of sp³-hybridized carbons (Fsp3) is 0.800. The lowest BCUT2D eigenvalue weighted by molar-refractivity contribution is -0.0348. The van der Waals surface area contributed by atoms with Crippen molar-refractivity contribution in [1.82, 2.24) is 19.4 Å². The van der Waals surface area contributed by atoms with E-state index in [4.69, 9.17) is 4.74 Å². The summed E-state index contributed by atoms with van der Waals surface area (Å²) < 4.78 is 34.8. The number of sulfonamides is 1. The van der Waals surface area contributed by atoms with E-state index in [1.807, 2.05) is 0 Å². The first-order chi connectivity index (χ1) is 11.0. The molecular formula is C15H26N4O3S. The highest BCUT2D eigenvalue weighted by atomic mass is 32.2. The zero-order chi connectivity index (χ0) is 16.3. The number of nitrogens with one attached hydrogen (secondary N) is 1. The Kier molecular flexibility index (Phi) is 5.05.